The molecule has 2 aromatic rings. The minimum Gasteiger partial charge on any atom is -0.457 e. The van der Waals surface area contributed by atoms with Crippen LogP contribution in [0.3, 0.4) is 0 Å². The Morgan fingerprint density at radius 1 is 0.958 bits per heavy atom. The van der Waals surface area contributed by atoms with Crippen LogP contribution in [0.25, 0.3) is 17.4 Å². The maximum Gasteiger partial charge on any atom is 0.416 e. The summed E-state index contributed by atoms with van der Waals surface area (Å²) >= 11 is 0. The Labute approximate surface area is 131 Å². The zero-order valence-electron chi connectivity index (χ0n) is 11.7. The van der Waals surface area contributed by atoms with Crippen molar-refractivity contribution in [3.05, 3.63) is 53.3 Å². The second-order valence-electron chi connectivity index (χ2n) is 4.73. The van der Waals surface area contributed by atoms with E-state index in [2.05, 4.69) is 0 Å². The van der Waals surface area contributed by atoms with E-state index in [0.717, 1.165) is 12.2 Å². The molecular weight excluding hydrogens is 340 g/mol. The smallest absolute Gasteiger partial charge is 0.416 e. The minimum atomic E-state index is -4.95. The van der Waals surface area contributed by atoms with E-state index in [9.17, 15) is 31.1 Å². The molecule has 0 unspecified atom stereocenters. The molecule has 0 bridgehead atoms. The number of rotatable bonds is 3. The molecule has 0 aliphatic carbocycles. The fraction of sp³-hybridized carbons (Fsp3) is 0.133. The standard InChI is InChI=1S/C15H9F6NO2/c16-14(17,18)9-5-8(6-10(7-9)15(19,20)21)12-3-1-11(24-12)2-4-13(22)23/h1-7H,(H2,22,23). The summed E-state index contributed by atoms with van der Waals surface area (Å²) in [5, 5.41) is 0. The monoisotopic (exact) mass is 349 g/mol. The highest BCUT2D eigenvalue weighted by atomic mass is 19.4. The van der Waals surface area contributed by atoms with Gasteiger partial charge in [0.1, 0.15) is 11.5 Å². The molecular formula is C15H9F6NO2. The average molecular weight is 349 g/mol. The van der Waals surface area contributed by atoms with Gasteiger partial charge in [-0.15, -0.1) is 0 Å². The van der Waals surface area contributed by atoms with Crippen LogP contribution in [0.1, 0.15) is 16.9 Å². The van der Waals surface area contributed by atoms with Crippen LogP contribution in [0.5, 0.6) is 0 Å². The van der Waals surface area contributed by atoms with Crippen molar-refractivity contribution in [2.45, 2.75) is 12.4 Å². The maximum absolute atomic E-state index is 12.8. The number of halogens is 6. The van der Waals surface area contributed by atoms with Crippen molar-refractivity contribution in [2.24, 2.45) is 5.73 Å². The van der Waals surface area contributed by atoms with Gasteiger partial charge in [-0.2, -0.15) is 26.3 Å². The minimum absolute atomic E-state index is 0.0281. The van der Waals surface area contributed by atoms with Gasteiger partial charge in [0.15, 0.2) is 0 Å². The zero-order valence-corrected chi connectivity index (χ0v) is 11.7. The topological polar surface area (TPSA) is 56.2 Å². The number of nitrogens with two attached hydrogens (primary N) is 1. The number of carbonyl (C=O) groups is 1. The first-order valence-electron chi connectivity index (χ1n) is 6.34. The van der Waals surface area contributed by atoms with Crippen LogP contribution in [0.15, 0.2) is 40.8 Å². The lowest BCUT2D eigenvalue weighted by molar-refractivity contribution is -0.143. The Kier molecular flexibility index (Phi) is 4.46. The summed E-state index contributed by atoms with van der Waals surface area (Å²) in [7, 11) is 0. The quantitative estimate of drug-likeness (QED) is 0.656. The summed E-state index contributed by atoms with van der Waals surface area (Å²) < 4.78 is 82.0. The molecule has 0 fully saturated rings. The Hall–Kier alpha value is -2.71. The van der Waals surface area contributed by atoms with Gasteiger partial charge in [-0.3, -0.25) is 4.79 Å². The third kappa shape index (κ3) is 4.18. The van der Waals surface area contributed by atoms with E-state index in [0.29, 0.717) is 12.1 Å². The summed E-state index contributed by atoms with van der Waals surface area (Å²) in [6, 6.07) is 3.60. The highest BCUT2D eigenvalue weighted by Crippen LogP contribution is 2.38. The second kappa shape index (κ2) is 6.06. The Morgan fingerprint density at radius 3 is 1.96 bits per heavy atom. The molecule has 0 spiro atoms. The van der Waals surface area contributed by atoms with Crippen molar-refractivity contribution in [1.82, 2.24) is 0 Å². The molecule has 1 aromatic heterocycles. The second-order valence-corrected chi connectivity index (χ2v) is 4.73. The molecule has 0 radical (unpaired) electrons. The maximum atomic E-state index is 12.8. The molecule has 9 heteroatoms. The summed E-state index contributed by atoms with van der Waals surface area (Å²) in [4.78, 5) is 10.6. The van der Waals surface area contributed by atoms with Crippen LogP contribution in [-0.2, 0) is 17.1 Å². The number of hydrogen-bond acceptors (Lipinski definition) is 2. The predicted octanol–water partition coefficient (Wildman–Crippen LogP) is 4.48. The Balaban J connectivity index is 2.52. The van der Waals surface area contributed by atoms with Crippen molar-refractivity contribution in [1.29, 1.82) is 0 Å². The first kappa shape index (κ1) is 17.6. The summed E-state index contributed by atoms with van der Waals surface area (Å²) in [5.74, 6) is -0.947. The molecule has 1 heterocycles. The third-order valence-corrected chi connectivity index (χ3v) is 2.91. The Morgan fingerprint density at radius 2 is 1.50 bits per heavy atom. The molecule has 0 atom stereocenters. The van der Waals surface area contributed by atoms with Gasteiger partial charge in [-0.05, 0) is 36.4 Å². The number of alkyl halides is 6. The number of benzene rings is 1. The van der Waals surface area contributed by atoms with E-state index in [-0.39, 0.29) is 17.6 Å². The fourth-order valence-electron chi connectivity index (χ4n) is 1.86. The van der Waals surface area contributed by atoms with Gasteiger partial charge < -0.3 is 10.2 Å². The molecule has 0 saturated heterocycles. The van der Waals surface area contributed by atoms with Gasteiger partial charge in [0.05, 0.1) is 11.1 Å². The summed E-state index contributed by atoms with van der Waals surface area (Å²) in [5.41, 5.74) is 1.59. The van der Waals surface area contributed by atoms with Gasteiger partial charge in [-0.25, -0.2) is 0 Å². The SMILES string of the molecule is NC(=O)C=Cc1ccc(-c2cc(C(F)(F)F)cc(C(F)(F)F)c2)o1. The van der Waals surface area contributed by atoms with E-state index in [4.69, 9.17) is 10.2 Å². The molecule has 0 aliphatic heterocycles. The molecule has 24 heavy (non-hydrogen) atoms. The number of primary amides is 1. The van der Waals surface area contributed by atoms with Crippen molar-refractivity contribution < 1.29 is 35.6 Å². The van der Waals surface area contributed by atoms with E-state index >= 15 is 0 Å². The van der Waals surface area contributed by atoms with Crippen molar-refractivity contribution in [2.75, 3.05) is 0 Å². The molecule has 2 N–H and O–H groups in total. The molecule has 0 saturated carbocycles. The van der Waals surface area contributed by atoms with Crippen molar-refractivity contribution in [3.63, 3.8) is 0 Å². The van der Waals surface area contributed by atoms with Crippen LogP contribution in [0.2, 0.25) is 0 Å². The first-order chi connectivity index (χ1) is 11.0. The van der Waals surface area contributed by atoms with Crippen LogP contribution in [-0.4, -0.2) is 5.91 Å². The lowest BCUT2D eigenvalue weighted by atomic mass is 10.0. The molecule has 128 valence electrons. The zero-order chi connectivity index (χ0) is 18.1. The lowest BCUT2D eigenvalue weighted by Gasteiger charge is -2.13. The first-order valence-corrected chi connectivity index (χ1v) is 6.34. The van der Waals surface area contributed by atoms with Gasteiger partial charge in [0.25, 0.3) is 0 Å². The normalized spacial score (nSPS) is 12.8. The molecule has 3 nitrogen and oxygen atoms in total. The van der Waals surface area contributed by atoms with E-state index in [1.807, 2.05) is 0 Å². The lowest BCUT2D eigenvalue weighted by Crippen LogP contribution is -2.11. The number of amides is 1. The van der Waals surface area contributed by atoms with Gasteiger partial charge in [0, 0.05) is 11.6 Å². The van der Waals surface area contributed by atoms with E-state index < -0.39 is 35.0 Å². The van der Waals surface area contributed by atoms with Crippen LogP contribution < -0.4 is 5.73 Å². The van der Waals surface area contributed by atoms with Gasteiger partial charge in [-0.1, -0.05) is 0 Å². The van der Waals surface area contributed by atoms with Gasteiger partial charge >= 0.3 is 12.4 Å². The van der Waals surface area contributed by atoms with Gasteiger partial charge in [0.2, 0.25) is 5.91 Å². The highest BCUT2D eigenvalue weighted by molar-refractivity contribution is 5.89. The van der Waals surface area contributed by atoms with E-state index in [1.165, 1.54) is 12.1 Å². The summed E-state index contributed by atoms with van der Waals surface area (Å²) in [6.45, 7) is 0. The molecule has 2 rings (SSSR count). The average Bonchev–Trinajstić information content (AvgIpc) is 2.91. The molecule has 0 aliphatic rings. The number of carbonyl (C=O) groups excluding carboxylic acids is 1. The highest BCUT2D eigenvalue weighted by Gasteiger charge is 2.37. The van der Waals surface area contributed by atoms with Crippen LogP contribution in [0.4, 0.5) is 26.3 Å². The largest absolute Gasteiger partial charge is 0.457 e. The van der Waals surface area contributed by atoms with E-state index in [1.54, 1.807) is 0 Å². The van der Waals surface area contributed by atoms with Crippen LogP contribution >= 0.6 is 0 Å². The Bertz CT molecular complexity index is 754. The van der Waals surface area contributed by atoms with Crippen molar-refractivity contribution in [3.8, 4) is 11.3 Å². The number of furan rings is 1. The van der Waals surface area contributed by atoms with Crippen molar-refractivity contribution >= 4 is 12.0 Å². The molecule has 1 aromatic carbocycles. The fourth-order valence-corrected chi connectivity index (χ4v) is 1.86. The predicted molar refractivity (Wildman–Crippen MR) is 72.4 cm³/mol. The molecule has 1 amide bonds. The number of hydrogen-bond donors (Lipinski definition) is 1. The van der Waals surface area contributed by atoms with Crippen LogP contribution in [0, 0.1) is 0 Å². The summed E-state index contributed by atoms with van der Waals surface area (Å²) in [6.07, 6.45) is -7.81. The third-order valence-electron chi connectivity index (χ3n) is 2.91.